The molecule has 0 aliphatic rings. The van der Waals surface area contributed by atoms with Crippen LogP contribution in [0.3, 0.4) is 0 Å². The molecule has 2 N–H and O–H groups in total. The number of alkyl carbamates (subject to hydrolysis) is 1. The van der Waals surface area contributed by atoms with Crippen LogP contribution in [-0.2, 0) is 14.3 Å². The molecule has 0 radical (unpaired) electrons. The molecule has 0 spiro atoms. The number of carboxylic acids is 1. The average Bonchev–Trinajstić information content (AvgIpc) is 2.36. The monoisotopic (exact) mass is 341 g/mol. The number of hydrogen-bond donors (Lipinski definition) is 2. The number of rotatable bonds is 6. The number of ether oxygens (including phenoxy) is 1. The maximum Gasteiger partial charge on any atom is 0.408 e. The SMILES string of the molecule is CC(C)C[C@H](NC(=O)OC(C)(C)C)C(=O)O.[N-]=[N+]=CC(=O)C=[N+]=[N-]. The van der Waals surface area contributed by atoms with Gasteiger partial charge in [0.05, 0.1) is 0 Å². The quantitative estimate of drug-likeness (QED) is 0.419. The van der Waals surface area contributed by atoms with Crippen LogP contribution >= 0.6 is 0 Å². The summed E-state index contributed by atoms with van der Waals surface area (Å²) in [5.74, 6) is -1.52. The van der Waals surface area contributed by atoms with Crippen LogP contribution in [0.2, 0.25) is 0 Å². The van der Waals surface area contributed by atoms with Crippen LogP contribution in [0.4, 0.5) is 4.79 Å². The molecule has 0 aliphatic heterocycles. The van der Waals surface area contributed by atoms with Crippen molar-refractivity contribution in [2.24, 2.45) is 5.92 Å². The number of nitrogens with one attached hydrogen (secondary N) is 1. The first-order chi connectivity index (χ1) is 10.9. The smallest absolute Gasteiger partial charge is 0.408 e. The molecule has 1 atom stereocenters. The fourth-order valence-corrected chi connectivity index (χ4v) is 1.29. The Labute approximate surface area is 140 Å². The predicted molar refractivity (Wildman–Crippen MR) is 84.6 cm³/mol. The maximum absolute atomic E-state index is 11.4. The van der Waals surface area contributed by atoms with E-state index >= 15 is 0 Å². The summed E-state index contributed by atoms with van der Waals surface area (Å²) in [4.78, 5) is 37.0. The lowest BCUT2D eigenvalue weighted by molar-refractivity contribution is -0.139. The molecule has 10 nitrogen and oxygen atoms in total. The summed E-state index contributed by atoms with van der Waals surface area (Å²) in [5.41, 5.74) is 14.7. The Morgan fingerprint density at radius 2 is 1.62 bits per heavy atom. The van der Waals surface area contributed by atoms with Gasteiger partial charge in [0.1, 0.15) is 11.6 Å². The molecule has 0 saturated heterocycles. The second-order valence-electron chi connectivity index (χ2n) is 6.06. The summed E-state index contributed by atoms with van der Waals surface area (Å²) in [6, 6.07) is -0.894. The molecule has 1 amide bonds. The van der Waals surface area contributed by atoms with Gasteiger partial charge in [0.25, 0.3) is 0 Å². The number of Topliss-reactive ketones (excluding diaryl/α,β-unsaturated/α-hetero) is 1. The second-order valence-corrected chi connectivity index (χ2v) is 6.06. The van der Waals surface area contributed by atoms with Gasteiger partial charge in [0.15, 0.2) is 0 Å². The van der Waals surface area contributed by atoms with E-state index in [1.807, 2.05) is 13.8 Å². The van der Waals surface area contributed by atoms with E-state index in [1.165, 1.54) is 0 Å². The van der Waals surface area contributed by atoms with Crippen LogP contribution in [0.1, 0.15) is 41.0 Å². The van der Waals surface area contributed by atoms with Gasteiger partial charge < -0.3 is 26.2 Å². The molecule has 0 aliphatic carbocycles. The summed E-state index contributed by atoms with van der Waals surface area (Å²) in [6.45, 7) is 8.97. The molecule has 0 fully saturated rings. The zero-order valence-corrected chi connectivity index (χ0v) is 14.4. The van der Waals surface area contributed by atoms with Crippen molar-refractivity contribution in [3.8, 4) is 0 Å². The highest BCUT2D eigenvalue weighted by Crippen LogP contribution is 2.09. The maximum atomic E-state index is 11.4. The van der Waals surface area contributed by atoms with Gasteiger partial charge in [0.2, 0.25) is 0 Å². The molecule has 0 aromatic rings. The van der Waals surface area contributed by atoms with Crippen molar-refractivity contribution in [3.05, 3.63) is 11.1 Å². The van der Waals surface area contributed by atoms with Gasteiger partial charge in [-0.2, -0.15) is 9.58 Å². The van der Waals surface area contributed by atoms with Crippen LogP contribution in [0, 0.1) is 5.92 Å². The fraction of sp³-hybridized carbons (Fsp3) is 0.643. The topological polar surface area (TPSA) is 166 Å². The Morgan fingerprint density at radius 1 is 1.17 bits per heavy atom. The lowest BCUT2D eigenvalue weighted by Crippen LogP contribution is -2.44. The standard InChI is InChI=1S/C11H21NO4.C3H2N4O/c1-7(2)6-8(9(13)14)12-10(15)16-11(3,4)5;4-6-1-3(8)2-7-5/h7-8H,6H2,1-5H3,(H,12,15)(H,13,14);1-2H/t8-;/m0./s1. The van der Waals surface area contributed by atoms with Crippen molar-refractivity contribution in [2.75, 3.05) is 0 Å². The van der Waals surface area contributed by atoms with Crippen molar-refractivity contribution in [2.45, 2.75) is 52.7 Å². The summed E-state index contributed by atoms with van der Waals surface area (Å²) in [7, 11) is 0. The Bertz CT molecular complexity index is 520. The summed E-state index contributed by atoms with van der Waals surface area (Å²) in [5, 5.41) is 11.2. The fourth-order valence-electron chi connectivity index (χ4n) is 1.29. The molecule has 134 valence electrons. The van der Waals surface area contributed by atoms with Crippen molar-refractivity contribution in [3.63, 3.8) is 0 Å². The number of amides is 1. The summed E-state index contributed by atoms with van der Waals surface area (Å²) >= 11 is 0. The largest absolute Gasteiger partial charge is 0.480 e. The zero-order valence-electron chi connectivity index (χ0n) is 14.4. The Balaban J connectivity index is 0. The van der Waals surface area contributed by atoms with Crippen LogP contribution in [0.25, 0.3) is 11.1 Å². The molecule has 0 unspecified atom stereocenters. The van der Waals surface area contributed by atoms with Crippen LogP contribution in [0.15, 0.2) is 0 Å². The first-order valence-corrected chi connectivity index (χ1v) is 7.04. The van der Waals surface area contributed by atoms with Crippen LogP contribution in [0.5, 0.6) is 0 Å². The normalized spacial score (nSPS) is 10.9. The zero-order chi connectivity index (χ0) is 19.3. The van der Waals surface area contributed by atoms with Crippen LogP contribution in [-0.4, -0.2) is 56.6 Å². The molecule has 0 heterocycles. The molecule has 0 bridgehead atoms. The van der Waals surface area contributed by atoms with E-state index in [4.69, 9.17) is 20.9 Å². The van der Waals surface area contributed by atoms with Gasteiger partial charge in [0, 0.05) is 0 Å². The lowest BCUT2D eigenvalue weighted by Gasteiger charge is -2.22. The predicted octanol–water partition coefficient (Wildman–Crippen LogP) is 1.17. The Kier molecular flexibility index (Phi) is 11.4. The second kappa shape index (κ2) is 11.7. The molecule has 0 aromatic carbocycles. The Hall–Kier alpha value is -2.83. The van der Waals surface area contributed by atoms with E-state index < -0.39 is 29.5 Å². The highest BCUT2D eigenvalue weighted by atomic mass is 16.6. The molecular weight excluding hydrogens is 318 g/mol. The van der Waals surface area contributed by atoms with Crippen molar-refractivity contribution in [1.29, 1.82) is 0 Å². The number of ketones is 1. The van der Waals surface area contributed by atoms with Gasteiger partial charge in [-0.25, -0.2) is 9.59 Å². The molecule has 10 heteroatoms. The molecular formula is C14H23N5O5. The summed E-state index contributed by atoms with van der Waals surface area (Å²) in [6.07, 6.45) is 0.911. The number of carbonyl (C=O) groups excluding carboxylic acids is 2. The third kappa shape index (κ3) is 15.6. The lowest BCUT2D eigenvalue weighted by atomic mass is 10.0. The molecule has 0 aromatic heterocycles. The first kappa shape index (κ1) is 23.4. The number of carboxylic acid groups (broad SMARTS) is 1. The van der Waals surface area contributed by atoms with E-state index in [0.29, 0.717) is 18.9 Å². The average molecular weight is 341 g/mol. The number of hydrogen-bond acceptors (Lipinski definition) is 4. The Morgan fingerprint density at radius 3 is 1.92 bits per heavy atom. The van der Waals surface area contributed by atoms with E-state index in [9.17, 15) is 14.4 Å². The van der Waals surface area contributed by atoms with Crippen molar-refractivity contribution in [1.82, 2.24) is 5.32 Å². The minimum Gasteiger partial charge on any atom is -0.480 e. The van der Waals surface area contributed by atoms with Gasteiger partial charge in [-0.05, 0) is 33.1 Å². The van der Waals surface area contributed by atoms with Gasteiger partial charge in [-0.1, -0.05) is 13.8 Å². The number of aliphatic carboxylic acids is 1. The van der Waals surface area contributed by atoms with E-state index in [1.54, 1.807) is 20.8 Å². The third-order valence-electron chi connectivity index (χ3n) is 2.07. The minimum absolute atomic E-state index is 0.191. The number of carbonyl (C=O) groups is 3. The van der Waals surface area contributed by atoms with Crippen LogP contribution < -0.4 is 5.32 Å². The minimum atomic E-state index is -1.04. The van der Waals surface area contributed by atoms with E-state index in [-0.39, 0.29) is 5.92 Å². The van der Waals surface area contributed by atoms with Gasteiger partial charge >= 0.3 is 30.3 Å². The van der Waals surface area contributed by atoms with E-state index in [0.717, 1.165) is 0 Å². The van der Waals surface area contributed by atoms with Crippen molar-refractivity contribution >= 4 is 30.3 Å². The van der Waals surface area contributed by atoms with Gasteiger partial charge in [-0.15, -0.1) is 0 Å². The summed E-state index contributed by atoms with van der Waals surface area (Å²) < 4.78 is 4.99. The first-order valence-electron chi connectivity index (χ1n) is 7.04. The third-order valence-corrected chi connectivity index (χ3v) is 2.07. The highest BCUT2D eigenvalue weighted by Gasteiger charge is 2.24. The molecule has 24 heavy (non-hydrogen) atoms. The van der Waals surface area contributed by atoms with Gasteiger partial charge in [-0.3, -0.25) is 4.79 Å². The molecule has 0 saturated carbocycles. The molecule has 0 rings (SSSR count). The highest BCUT2D eigenvalue weighted by molar-refractivity contribution is 6.50. The van der Waals surface area contributed by atoms with Crippen molar-refractivity contribution < 1.29 is 33.8 Å². The number of nitrogens with zero attached hydrogens (tertiary/aromatic N) is 4. The van der Waals surface area contributed by atoms with E-state index in [2.05, 4.69) is 14.9 Å².